The second-order valence-corrected chi connectivity index (χ2v) is 3.94. The molecule has 0 amide bonds. The molecule has 0 fully saturated rings. The van der Waals surface area contributed by atoms with E-state index in [2.05, 4.69) is 15.9 Å². The summed E-state index contributed by atoms with van der Waals surface area (Å²) in [5.41, 5.74) is 0. The van der Waals surface area contributed by atoms with Crippen molar-refractivity contribution in [3.05, 3.63) is 12.2 Å². The molecule has 0 aliphatic heterocycles. The van der Waals surface area contributed by atoms with Crippen molar-refractivity contribution in [2.24, 2.45) is 0 Å². The maximum Gasteiger partial charge on any atom is 0.303 e. The maximum absolute atomic E-state index is 10.6. The first-order valence-electron chi connectivity index (χ1n) is 3.88. The van der Waals surface area contributed by atoms with Crippen molar-refractivity contribution in [3.63, 3.8) is 0 Å². The fourth-order valence-electron chi connectivity index (χ4n) is 1.13. The van der Waals surface area contributed by atoms with E-state index in [1.807, 2.05) is 0 Å². The van der Waals surface area contributed by atoms with Crippen LogP contribution in [0.25, 0.3) is 0 Å². The topological polar surface area (TPSA) is 66.8 Å². The van der Waals surface area contributed by atoms with Gasteiger partial charge in [0.2, 0.25) is 0 Å². The van der Waals surface area contributed by atoms with E-state index in [9.17, 15) is 15.0 Å². The summed E-state index contributed by atoms with van der Waals surface area (Å²) in [6, 6.07) is 0. The molecule has 2 N–H and O–H groups in total. The van der Waals surface area contributed by atoms with Gasteiger partial charge in [-0.25, -0.2) is 0 Å². The van der Waals surface area contributed by atoms with Gasteiger partial charge in [0.15, 0.2) is 0 Å². The monoisotopic (exact) mass is 250 g/mol. The van der Waals surface area contributed by atoms with Gasteiger partial charge in [-0.1, -0.05) is 22.0 Å². The zero-order chi connectivity index (χ0) is 10.0. The SMILES string of the molecule is CC(=O)O[C@@H]1C=C[C@H](O)[C@@H](Br)[C@H]1O. The standard InChI is InChI=1S/C8H11BrO4/c1-4(10)13-6-3-2-5(11)7(9)8(6)12/h2-3,5-8,11-12H,1H3/t5-,6+,7+,8-/m0/s1. The molecular weight excluding hydrogens is 240 g/mol. The Morgan fingerprint density at radius 1 is 1.46 bits per heavy atom. The number of hydrogen-bond donors (Lipinski definition) is 2. The van der Waals surface area contributed by atoms with Crippen molar-refractivity contribution in [1.82, 2.24) is 0 Å². The van der Waals surface area contributed by atoms with Crippen molar-refractivity contribution in [3.8, 4) is 0 Å². The van der Waals surface area contributed by atoms with Crippen LogP contribution in [0.1, 0.15) is 6.92 Å². The minimum absolute atomic E-state index is 0.454. The van der Waals surface area contributed by atoms with Crippen LogP contribution < -0.4 is 0 Å². The van der Waals surface area contributed by atoms with Gasteiger partial charge in [0.05, 0.1) is 10.9 Å². The van der Waals surface area contributed by atoms with Gasteiger partial charge in [0, 0.05) is 6.92 Å². The number of rotatable bonds is 1. The third-order valence-electron chi connectivity index (χ3n) is 1.79. The number of halogens is 1. The quantitative estimate of drug-likeness (QED) is 0.390. The van der Waals surface area contributed by atoms with Gasteiger partial charge in [0.25, 0.3) is 0 Å². The Kier molecular flexibility index (Phi) is 3.47. The molecule has 0 unspecified atom stereocenters. The molecule has 0 aromatic carbocycles. The van der Waals surface area contributed by atoms with Gasteiger partial charge >= 0.3 is 5.97 Å². The lowest BCUT2D eigenvalue weighted by Gasteiger charge is -2.29. The maximum atomic E-state index is 10.6. The lowest BCUT2D eigenvalue weighted by atomic mass is 9.99. The van der Waals surface area contributed by atoms with Crippen LogP contribution in [0.15, 0.2) is 12.2 Å². The van der Waals surface area contributed by atoms with E-state index >= 15 is 0 Å². The first kappa shape index (κ1) is 10.7. The van der Waals surface area contributed by atoms with Crippen molar-refractivity contribution in [2.75, 3.05) is 0 Å². The molecule has 0 saturated carbocycles. The van der Waals surface area contributed by atoms with E-state index in [0.717, 1.165) is 0 Å². The van der Waals surface area contributed by atoms with Crippen LogP contribution in [-0.4, -0.2) is 39.3 Å². The zero-order valence-corrected chi connectivity index (χ0v) is 8.64. The second-order valence-electron chi connectivity index (χ2n) is 2.88. The summed E-state index contributed by atoms with van der Waals surface area (Å²) < 4.78 is 4.81. The Hall–Kier alpha value is -0.390. The Bertz CT molecular complexity index is 228. The number of ether oxygens (including phenoxy) is 1. The first-order chi connectivity index (χ1) is 6.02. The van der Waals surface area contributed by atoms with E-state index in [0.29, 0.717) is 0 Å². The van der Waals surface area contributed by atoms with Crippen molar-refractivity contribution in [2.45, 2.75) is 30.1 Å². The molecule has 4 atom stereocenters. The summed E-state index contributed by atoms with van der Waals surface area (Å²) in [7, 11) is 0. The number of carbonyl (C=O) groups is 1. The summed E-state index contributed by atoms with van der Waals surface area (Å²) in [5, 5.41) is 18.8. The highest BCUT2D eigenvalue weighted by molar-refractivity contribution is 9.09. The second kappa shape index (κ2) is 4.21. The number of aliphatic hydroxyl groups is 2. The molecule has 1 aliphatic carbocycles. The third-order valence-corrected chi connectivity index (χ3v) is 2.87. The molecule has 0 heterocycles. The normalized spacial score (nSPS) is 38.8. The number of hydrogen-bond acceptors (Lipinski definition) is 4. The largest absolute Gasteiger partial charge is 0.455 e. The van der Waals surface area contributed by atoms with Crippen LogP contribution >= 0.6 is 15.9 Å². The molecule has 0 saturated heterocycles. The van der Waals surface area contributed by atoms with E-state index in [1.54, 1.807) is 0 Å². The van der Waals surface area contributed by atoms with E-state index in [1.165, 1.54) is 19.1 Å². The predicted octanol–water partition coefficient (Wildman–Crippen LogP) is -0.0268. The van der Waals surface area contributed by atoms with Crippen molar-refractivity contribution < 1.29 is 19.7 Å². The minimum Gasteiger partial charge on any atom is -0.455 e. The van der Waals surface area contributed by atoms with Gasteiger partial charge < -0.3 is 14.9 Å². The predicted molar refractivity (Wildman–Crippen MR) is 49.4 cm³/mol. The fraction of sp³-hybridized carbons (Fsp3) is 0.625. The summed E-state index contributed by atoms with van der Waals surface area (Å²) in [5.74, 6) is -0.454. The molecule has 5 heteroatoms. The van der Waals surface area contributed by atoms with Gasteiger partial charge in [-0.15, -0.1) is 0 Å². The first-order valence-corrected chi connectivity index (χ1v) is 4.79. The molecule has 1 aliphatic rings. The Balaban J connectivity index is 2.66. The molecule has 0 radical (unpaired) electrons. The zero-order valence-electron chi connectivity index (χ0n) is 7.05. The molecule has 0 aromatic rings. The molecule has 4 nitrogen and oxygen atoms in total. The minimum atomic E-state index is -0.913. The smallest absolute Gasteiger partial charge is 0.303 e. The lowest BCUT2D eigenvalue weighted by molar-refractivity contribution is -0.149. The van der Waals surface area contributed by atoms with Crippen molar-refractivity contribution in [1.29, 1.82) is 0 Å². The number of carbonyl (C=O) groups excluding carboxylic acids is 1. The highest BCUT2D eigenvalue weighted by Gasteiger charge is 2.34. The van der Waals surface area contributed by atoms with E-state index in [-0.39, 0.29) is 0 Å². The molecule has 0 bridgehead atoms. The molecule has 1 rings (SSSR count). The average molecular weight is 251 g/mol. The van der Waals surface area contributed by atoms with E-state index < -0.39 is 29.1 Å². The van der Waals surface area contributed by atoms with Crippen LogP contribution in [0.5, 0.6) is 0 Å². The number of alkyl halides is 1. The van der Waals surface area contributed by atoms with Gasteiger partial charge in [-0.05, 0) is 6.08 Å². The summed E-state index contributed by atoms with van der Waals surface area (Å²) >= 11 is 3.11. The molecule has 74 valence electrons. The summed E-state index contributed by atoms with van der Waals surface area (Å²) in [4.78, 5) is 10.1. The van der Waals surface area contributed by atoms with E-state index in [4.69, 9.17) is 4.74 Å². The summed E-state index contributed by atoms with van der Waals surface area (Å²) in [6.45, 7) is 1.27. The third kappa shape index (κ3) is 2.52. The molecular formula is C8H11BrO4. The van der Waals surface area contributed by atoms with Crippen LogP contribution in [0.2, 0.25) is 0 Å². The van der Waals surface area contributed by atoms with Gasteiger partial charge in [-0.2, -0.15) is 0 Å². The highest BCUT2D eigenvalue weighted by Crippen LogP contribution is 2.22. The fourth-order valence-corrected chi connectivity index (χ4v) is 1.60. The van der Waals surface area contributed by atoms with Crippen LogP contribution in [0.3, 0.4) is 0 Å². The lowest BCUT2D eigenvalue weighted by Crippen LogP contribution is -2.44. The Morgan fingerprint density at radius 2 is 2.08 bits per heavy atom. The Labute approximate surface area is 84.3 Å². The van der Waals surface area contributed by atoms with Crippen LogP contribution in [-0.2, 0) is 9.53 Å². The van der Waals surface area contributed by atoms with Crippen LogP contribution in [0.4, 0.5) is 0 Å². The number of aliphatic hydroxyl groups excluding tert-OH is 2. The van der Waals surface area contributed by atoms with Crippen molar-refractivity contribution >= 4 is 21.9 Å². The highest BCUT2D eigenvalue weighted by atomic mass is 79.9. The Morgan fingerprint density at radius 3 is 2.62 bits per heavy atom. The average Bonchev–Trinajstić information content (AvgIpc) is 2.06. The van der Waals surface area contributed by atoms with Gasteiger partial charge in [0.1, 0.15) is 12.2 Å². The molecule has 0 spiro atoms. The van der Waals surface area contributed by atoms with Crippen LogP contribution in [0, 0.1) is 0 Å². The number of esters is 1. The summed E-state index contributed by atoms with van der Waals surface area (Å²) in [6.07, 6.45) is 0.629. The molecule has 0 aromatic heterocycles. The molecule has 13 heavy (non-hydrogen) atoms. The van der Waals surface area contributed by atoms with Gasteiger partial charge in [-0.3, -0.25) is 4.79 Å².